The van der Waals surface area contributed by atoms with Gasteiger partial charge in [0.05, 0.1) is 0 Å². The van der Waals surface area contributed by atoms with Crippen LogP contribution in [0.2, 0.25) is 13.1 Å². The summed E-state index contributed by atoms with van der Waals surface area (Å²) in [6.45, 7) is 9.69. The molecule has 2 aliphatic rings. The Hall–Kier alpha value is -0.460. The molecule has 0 amide bonds. The van der Waals surface area contributed by atoms with Crippen LogP contribution in [0.5, 0.6) is 0 Å². The second-order valence-electron chi connectivity index (χ2n) is 6.21. The fourth-order valence-electron chi connectivity index (χ4n) is 3.47. The maximum atomic E-state index is 2.60. The van der Waals surface area contributed by atoms with E-state index in [4.69, 9.17) is 0 Å². The summed E-state index contributed by atoms with van der Waals surface area (Å²) >= 11 is -1.57. The van der Waals surface area contributed by atoms with E-state index < -0.39 is 20.4 Å². The molecule has 2 heteroatoms. The summed E-state index contributed by atoms with van der Waals surface area (Å²) < 4.78 is 2.65. The van der Waals surface area contributed by atoms with Crippen LogP contribution in [-0.4, -0.2) is 5.43 Å². The van der Waals surface area contributed by atoms with Gasteiger partial charge in [0.15, 0.2) is 0 Å². The molecule has 0 radical (unpaired) electrons. The van der Waals surface area contributed by atoms with Gasteiger partial charge in [0.2, 0.25) is 0 Å². The van der Waals surface area contributed by atoms with Crippen molar-refractivity contribution in [2.75, 3.05) is 0 Å². The quantitative estimate of drug-likeness (QED) is 0.634. The van der Waals surface area contributed by atoms with Crippen LogP contribution in [0.1, 0.15) is 35.0 Å². The van der Waals surface area contributed by atoms with Crippen LogP contribution in [0, 0.1) is 0 Å². The Labute approximate surface area is 130 Å². The second kappa shape index (κ2) is 5.73. The first-order valence-electron chi connectivity index (χ1n) is 7.39. The Morgan fingerprint density at radius 3 is 2.50 bits per heavy atom. The summed E-state index contributed by atoms with van der Waals surface area (Å²) in [5.41, 5.74) is 6.05. The molecule has 0 N–H and O–H groups in total. The zero-order valence-electron chi connectivity index (χ0n) is 12.8. The summed E-state index contributed by atoms with van der Waals surface area (Å²) in [4.78, 5) is 0. The molecule has 0 saturated carbocycles. The molecule has 20 heavy (non-hydrogen) atoms. The normalized spacial score (nSPS) is 20.2. The van der Waals surface area contributed by atoms with Gasteiger partial charge in [-0.15, -0.1) is 0 Å². The fourth-order valence-corrected chi connectivity index (χ4v) is 21.7. The molecule has 0 bridgehead atoms. The van der Waals surface area contributed by atoms with Gasteiger partial charge in [0.1, 0.15) is 0 Å². The molecule has 0 heterocycles. The summed E-state index contributed by atoms with van der Waals surface area (Å²) in [6.07, 6.45) is 8.71. The van der Waals surface area contributed by atoms with Gasteiger partial charge in [0, 0.05) is 0 Å². The van der Waals surface area contributed by atoms with E-state index in [-0.39, 0.29) is 5.43 Å². The fraction of sp³-hybridized carbons (Fsp3) is 0.333. The van der Waals surface area contributed by atoms with Crippen LogP contribution in [0.3, 0.4) is 0 Å². The van der Waals surface area contributed by atoms with Crippen molar-refractivity contribution in [1.29, 1.82) is 0 Å². The van der Waals surface area contributed by atoms with Gasteiger partial charge < -0.3 is 0 Å². The first-order valence-corrected chi connectivity index (χ1v) is 16.2. The van der Waals surface area contributed by atoms with Gasteiger partial charge in [-0.05, 0) is 0 Å². The number of hydrogen-bond donors (Lipinski definition) is 0. The number of fused-ring (bicyclic) bond motifs is 1. The molecule has 102 valence electrons. The topological polar surface area (TPSA) is 0 Å². The average Bonchev–Trinajstić information content (AvgIpc) is 2.96. The van der Waals surface area contributed by atoms with E-state index in [1.165, 1.54) is 17.6 Å². The first kappa shape index (κ1) is 14.5. The van der Waals surface area contributed by atoms with Crippen LogP contribution < -0.4 is 0 Å². The Morgan fingerprint density at radius 2 is 1.85 bits per heavy atom. The molecule has 0 saturated heterocycles. The molecule has 2 aliphatic carbocycles. The molecule has 0 nitrogen and oxygen atoms in total. The second-order valence-corrected chi connectivity index (χ2v) is 23.9. The number of hydrogen-bond acceptors (Lipinski definition) is 0. The molecule has 1 unspecified atom stereocenters. The molecule has 0 spiro atoms. The van der Waals surface area contributed by atoms with Gasteiger partial charge in [-0.2, -0.15) is 0 Å². The third kappa shape index (κ3) is 2.53. The molecule has 1 aromatic rings. The molecule has 3 rings (SSSR count). The van der Waals surface area contributed by atoms with Crippen LogP contribution >= 0.6 is 0 Å². The molecule has 0 aromatic heterocycles. The van der Waals surface area contributed by atoms with Crippen molar-refractivity contribution in [3.63, 3.8) is 0 Å². The monoisotopic (exact) mass is 356 g/mol. The Balaban J connectivity index is 2.06. The summed E-state index contributed by atoms with van der Waals surface area (Å²) in [7, 11) is 0. The van der Waals surface area contributed by atoms with E-state index in [1.54, 1.807) is 11.1 Å². The minimum atomic E-state index is -1.57. The zero-order chi connectivity index (χ0) is 14.3. The van der Waals surface area contributed by atoms with E-state index in [2.05, 4.69) is 69.4 Å². The molecule has 0 fully saturated rings. The van der Waals surface area contributed by atoms with Crippen LogP contribution in [0.15, 0.2) is 51.3 Å². The maximum absolute atomic E-state index is 2.60. The van der Waals surface area contributed by atoms with Crippen molar-refractivity contribution in [3.8, 4) is 0 Å². The molecule has 1 aromatic carbocycles. The SMILES string of the molecule is CC1=CC=[C]([Zr]([CH]2C=C(C)c3ccccc32)=[Si](C)C)C1. The number of benzene rings is 1. The first-order chi connectivity index (χ1) is 9.58. The Morgan fingerprint density at radius 1 is 1.10 bits per heavy atom. The van der Waals surface area contributed by atoms with E-state index >= 15 is 0 Å². The zero-order valence-corrected chi connectivity index (χ0v) is 16.3. The number of allylic oxidation sites excluding steroid dienone is 6. The predicted octanol–water partition coefficient (Wildman–Crippen LogP) is 5.25. The summed E-state index contributed by atoms with van der Waals surface area (Å²) in [5, 5.41) is 0. The summed E-state index contributed by atoms with van der Waals surface area (Å²) in [6, 6.07) is 9.11. The summed E-state index contributed by atoms with van der Waals surface area (Å²) in [5.74, 6) is 0. The van der Waals surface area contributed by atoms with Gasteiger partial charge in [-0.3, -0.25) is 0 Å². The van der Waals surface area contributed by atoms with Crippen molar-refractivity contribution >= 4 is 11.0 Å². The van der Waals surface area contributed by atoms with Crippen molar-refractivity contribution < 1.29 is 20.4 Å². The van der Waals surface area contributed by atoms with E-state index in [0.717, 1.165) is 3.63 Å². The van der Waals surface area contributed by atoms with E-state index in [9.17, 15) is 0 Å². The van der Waals surface area contributed by atoms with Crippen LogP contribution in [0.25, 0.3) is 5.57 Å². The van der Waals surface area contributed by atoms with Crippen molar-refractivity contribution in [2.24, 2.45) is 0 Å². The van der Waals surface area contributed by atoms with Gasteiger partial charge in [-0.25, -0.2) is 0 Å². The predicted molar refractivity (Wildman–Crippen MR) is 86.8 cm³/mol. The van der Waals surface area contributed by atoms with Gasteiger partial charge in [-0.1, -0.05) is 0 Å². The van der Waals surface area contributed by atoms with Crippen LogP contribution in [0.4, 0.5) is 0 Å². The third-order valence-electron chi connectivity index (χ3n) is 4.37. The number of rotatable bonds is 2. The molecular weight excluding hydrogens is 336 g/mol. The Kier molecular flexibility index (Phi) is 4.15. The Bertz CT molecular complexity index is 685. The average molecular weight is 358 g/mol. The van der Waals surface area contributed by atoms with Crippen molar-refractivity contribution in [3.05, 3.63) is 62.5 Å². The van der Waals surface area contributed by atoms with Gasteiger partial charge in [0.25, 0.3) is 0 Å². The van der Waals surface area contributed by atoms with E-state index in [1.807, 2.05) is 3.28 Å². The van der Waals surface area contributed by atoms with Crippen molar-refractivity contribution in [1.82, 2.24) is 0 Å². The molecular formula is C18H22SiZr. The van der Waals surface area contributed by atoms with E-state index in [0.29, 0.717) is 0 Å². The standard InChI is InChI=1S/C10H9.C6H7.C2H6Si.Zr/c1-8-6-7-9-4-2-3-5-10(8)9;1-6-4-2-3-5-6;1-3-2;/h2-7H,1H3;2,4H,5H2,1H3;1-2H3;. The van der Waals surface area contributed by atoms with Crippen LogP contribution in [-0.2, 0) is 20.4 Å². The third-order valence-corrected chi connectivity index (χ3v) is 22.4. The molecule has 1 atom stereocenters. The minimum absolute atomic E-state index is 0.176. The molecule has 0 aliphatic heterocycles. The van der Waals surface area contributed by atoms with Crippen molar-refractivity contribution in [2.45, 2.75) is 37.0 Å². The van der Waals surface area contributed by atoms with Gasteiger partial charge >= 0.3 is 131 Å².